The molecule has 1 aromatic heterocycles. The van der Waals surface area contributed by atoms with E-state index < -0.39 is 0 Å². The third-order valence-electron chi connectivity index (χ3n) is 10.2. The van der Waals surface area contributed by atoms with Crippen molar-refractivity contribution < 1.29 is 0 Å². The van der Waals surface area contributed by atoms with Crippen LogP contribution in [0.15, 0.2) is 200 Å². The van der Waals surface area contributed by atoms with E-state index >= 15 is 0 Å². The first-order valence-corrected chi connectivity index (χ1v) is 18.6. The van der Waals surface area contributed by atoms with Crippen LogP contribution in [0.25, 0.3) is 75.1 Å². The third kappa shape index (κ3) is 5.33. The van der Waals surface area contributed by atoms with E-state index in [9.17, 15) is 0 Å². The standard InChI is InChI=1S/C50H33NS/c1-2-13-35(14-3-1)45-32-39-16-6-7-17-40(39)33-46(45)36-26-28-42(29-27-36)51(47-21-11-23-49-50(47)44-20-8-9-22-48(44)52-49)43-19-10-18-38(31-43)41-25-24-34-12-4-5-15-37(34)30-41/h1-33H. The lowest BCUT2D eigenvalue weighted by molar-refractivity contribution is 1.30. The Bertz CT molecular complexity index is 2900. The summed E-state index contributed by atoms with van der Waals surface area (Å²) in [7, 11) is 0. The first-order valence-electron chi connectivity index (χ1n) is 17.8. The van der Waals surface area contributed by atoms with Crippen LogP contribution >= 0.6 is 11.3 Å². The molecule has 9 aromatic carbocycles. The molecule has 0 bridgehead atoms. The van der Waals surface area contributed by atoms with E-state index in [0.29, 0.717) is 0 Å². The predicted octanol–water partition coefficient (Wildman–Crippen LogP) is 14.8. The molecule has 244 valence electrons. The summed E-state index contributed by atoms with van der Waals surface area (Å²) in [6.45, 7) is 0. The number of anilines is 3. The molecule has 10 aromatic rings. The van der Waals surface area contributed by atoms with Gasteiger partial charge in [0, 0.05) is 31.5 Å². The molecule has 10 rings (SSSR count). The molecular formula is C50H33NS. The lowest BCUT2D eigenvalue weighted by Gasteiger charge is -2.27. The van der Waals surface area contributed by atoms with Gasteiger partial charge >= 0.3 is 0 Å². The van der Waals surface area contributed by atoms with Gasteiger partial charge in [0.2, 0.25) is 0 Å². The van der Waals surface area contributed by atoms with E-state index in [2.05, 4.69) is 205 Å². The molecule has 0 spiro atoms. The van der Waals surface area contributed by atoms with Crippen LogP contribution in [-0.2, 0) is 0 Å². The fourth-order valence-electron chi connectivity index (χ4n) is 7.69. The first-order chi connectivity index (χ1) is 25.8. The Morgan fingerprint density at radius 3 is 1.65 bits per heavy atom. The van der Waals surface area contributed by atoms with Crippen LogP contribution in [0, 0.1) is 0 Å². The SMILES string of the molecule is c1ccc(-c2cc3ccccc3cc2-c2ccc(N(c3cccc(-c4ccc5ccccc5c4)c3)c3cccc4sc5ccccc5c34)cc2)cc1. The summed E-state index contributed by atoms with van der Waals surface area (Å²) in [5.41, 5.74) is 10.7. The summed E-state index contributed by atoms with van der Waals surface area (Å²) in [6, 6.07) is 73.0. The highest BCUT2D eigenvalue weighted by atomic mass is 32.1. The normalized spacial score (nSPS) is 11.5. The van der Waals surface area contributed by atoms with Gasteiger partial charge in [-0.05, 0) is 116 Å². The zero-order valence-corrected chi connectivity index (χ0v) is 29.2. The van der Waals surface area contributed by atoms with Crippen LogP contribution in [-0.4, -0.2) is 0 Å². The molecular weight excluding hydrogens is 647 g/mol. The van der Waals surface area contributed by atoms with Gasteiger partial charge in [-0.3, -0.25) is 0 Å². The van der Waals surface area contributed by atoms with Gasteiger partial charge in [-0.2, -0.15) is 0 Å². The minimum atomic E-state index is 1.12. The van der Waals surface area contributed by atoms with Crippen molar-refractivity contribution in [1.29, 1.82) is 0 Å². The van der Waals surface area contributed by atoms with Crippen molar-refractivity contribution in [2.45, 2.75) is 0 Å². The van der Waals surface area contributed by atoms with Gasteiger partial charge < -0.3 is 4.90 Å². The smallest absolute Gasteiger partial charge is 0.0554 e. The largest absolute Gasteiger partial charge is 0.310 e. The second-order valence-corrected chi connectivity index (χ2v) is 14.4. The van der Waals surface area contributed by atoms with E-state index in [1.807, 2.05) is 11.3 Å². The summed E-state index contributed by atoms with van der Waals surface area (Å²) in [4.78, 5) is 2.44. The first kappa shape index (κ1) is 30.4. The number of thiophene rings is 1. The van der Waals surface area contributed by atoms with Gasteiger partial charge in [-0.1, -0.05) is 140 Å². The molecule has 0 saturated heterocycles. The van der Waals surface area contributed by atoms with Gasteiger partial charge in [0.05, 0.1) is 5.69 Å². The Kier molecular flexibility index (Phi) is 7.41. The predicted molar refractivity (Wildman–Crippen MR) is 225 cm³/mol. The second-order valence-electron chi connectivity index (χ2n) is 13.4. The van der Waals surface area contributed by atoms with E-state index in [0.717, 1.165) is 11.4 Å². The minimum absolute atomic E-state index is 1.12. The van der Waals surface area contributed by atoms with Crippen LogP contribution in [0.3, 0.4) is 0 Å². The van der Waals surface area contributed by atoms with Gasteiger partial charge in [-0.25, -0.2) is 0 Å². The topological polar surface area (TPSA) is 3.24 Å². The van der Waals surface area contributed by atoms with Gasteiger partial charge in [-0.15, -0.1) is 11.3 Å². The zero-order valence-electron chi connectivity index (χ0n) is 28.4. The number of hydrogen-bond acceptors (Lipinski definition) is 2. The van der Waals surface area contributed by atoms with E-state index in [-0.39, 0.29) is 0 Å². The van der Waals surface area contributed by atoms with E-state index in [1.165, 1.54) is 80.8 Å². The molecule has 0 fully saturated rings. The molecule has 1 nitrogen and oxygen atoms in total. The van der Waals surface area contributed by atoms with Crippen molar-refractivity contribution in [2.75, 3.05) is 4.90 Å². The maximum absolute atomic E-state index is 2.44. The molecule has 0 unspecified atom stereocenters. The highest BCUT2D eigenvalue weighted by Gasteiger charge is 2.20. The molecule has 0 atom stereocenters. The molecule has 52 heavy (non-hydrogen) atoms. The van der Waals surface area contributed by atoms with E-state index in [1.54, 1.807) is 0 Å². The lowest BCUT2D eigenvalue weighted by atomic mass is 9.91. The molecule has 0 aliphatic heterocycles. The van der Waals surface area contributed by atoms with Gasteiger partial charge in [0.25, 0.3) is 0 Å². The average molecular weight is 680 g/mol. The summed E-state index contributed by atoms with van der Waals surface area (Å²) < 4.78 is 2.59. The number of rotatable bonds is 6. The monoisotopic (exact) mass is 679 g/mol. The van der Waals surface area contributed by atoms with Crippen molar-refractivity contribution >= 4 is 70.1 Å². The molecule has 0 N–H and O–H groups in total. The van der Waals surface area contributed by atoms with Crippen LogP contribution < -0.4 is 4.90 Å². The highest BCUT2D eigenvalue weighted by Crippen LogP contribution is 2.46. The van der Waals surface area contributed by atoms with Crippen LogP contribution in [0.5, 0.6) is 0 Å². The summed E-state index contributed by atoms with van der Waals surface area (Å²) in [6.07, 6.45) is 0. The quantitative estimate of drug-likeness (QED) is 0.169. The molecule has 0 aliphatic carbocycles. The number of hydrogen-bond donors (Lipinski definition) is 0. The van der Waals surface area contributed by atoms with Crippen molar-refractivity contribution in [1.82, 2.24) is 0 Å². The Hall–Kier alpha value is -6.48. The van der Waals surface area contributed by atoms with Crippen LogP contribution in [0.1, 0.15) is 0 Å². The number of nitrogens with zero attached hydrogens (tertiary/aromatic N) is 1. The third-order valence-corrected chi connectivity index (χ3v) is 11.4. The number of benzene rings is 9. The highest BCUT2D eigenvalue weighted by molar-refractivity contribution is 7.26. The van der Waals surface area contributed by atoms with Crippen LogP contribution in [0.2, 0.25) is 0 Å². The van der Waals surface area contributed by atoms with Crippen molar-refractivity contribution in [3.63, 3.8) is 0 Å². The summed E-state index contributed by atoms with van der Waals surface area (Å²) in [5.74, 6) is 0. The van der Waals surface area contributed by atoms with Crippen molar-refractivity contribution in [2.24, 2.45) is 0 Å². The van der Waals surface area contributed by atoms with Crippen molar-refractivity contribution in [3.8, 4) is 33.4 Å². The van der Waals surface area contributed by atoms with Crippen LogP contribution in [0.4, 0.5) is 17.1 Å². The number of fused-ring (bicyclic) bond motifs is 5. The molecule has 0 aliphatic rings. The fraction of sp³-hybridized carbons (Fsp3) is 0. The van der Waals surface area contributed by atoms with Crippen molar-refractivity contribution in [3.05, 3.63) is 200 Å². The van der Waals surface area contributed by atoms with E-state index in [4.69, 9.17) is 0 Å². The molecule has 0 saturated carbocycles. The fourth-order valence-corrected chi connectivity index (χ4v) is 8.82. The second kappa shape index (κ2) is 12.7. The molecule has 0 radical (unpaired) electrons. The molecule has 0 amide bonds. The Balaban J connectivity index is 1.15. The Morgan fingerprint density at radius 2 is 0.885 bits per heavy atom. The molecule has 1 heterocycles. The lowest BCUT2D eigenvalue weighted by Crippen LogP contribution is -2.10. The summed E-state index contributed by atoms with van der Waals surface area (Å²) >= 11 is 1.86. The Morgan fingerprint density at radius 1 is 0.327 bits per heavy atom. The Labute approximate surface area is 307 Å². The van der Waals surface area contributed by atoms with Gasteiger partial charge in [0.15, 0.2) is 0 Å². The van der Waals surface area contributed by atoms with Gasteiger partial charge in [0.1, 0.15) is 0 Å². The summed E-state index contributed by atoms with van der Waals surface area (Å²) in [5, 5.41) is 7.55. The maximum Gasteiger partial charge on any atom is 0.0554 e. The zero-order chi connectivity index (χ0) is 34.4. The average Bonchev–Trinajstić information content (AvgIpc) is 3.61. The maximum atomic E-state index is 2.44. The minimum Gasteiger partial charge on any atom is -0.310 e. The molecule has 2 heteroatoms.